The van der Waals surface area contributed by atoms with Crippen molar-refractivity contribution in [2.24, 2.45) is 0 Å². The minimum absolute atomic E-state index is 0.237. The highest BCUT2D eigenvalue weighted by Gasteiger charge is 2.13. The third-order valence-electron chi connectivity index (χ3n) is 2.46. The van der Waals surface area contributed by atoms with E-state index in [1.54, 1.807) is 26.0 Å². The molecule has 0 saturated carbocycles. The van der Waals surface area contributed by atoms with Crippen LogP contribution < -0.4 is 16.0 Å². The van der Waals surface area contributed by atoms with Gasteiger partial charge in [-0.25, -0.2) is 9.18 Å². The first-order valence-corrected chi connectivity index (χ1v) is 6.09. The zero-order chi connectivity index (χ0) is 14.3. The van der Waals surface area contributed by atoms with Gasteiger partial charge in [-0.05, 0) is 31.5 Å². The number of rotatable bonds is 5. The largest absolute Gasteiger partial charge is 0.355 e. The fourth-order valence-corrected chi connectivity index (χ4v) is 1.43. The van der Waals surface area contributed by atoms with Crippen LogP contribution in [0, 0.1) is 5.82 Å². The number of halogens is 1. The Morgan fingerprint density at radius 3 is 2.42 bits per heavy atom. The molecule has 0 spiro atoms. The Hall–Kier alpha value is -2.11. The Morgan fingerprint density at radius 1 is 1.21 bits per heavy atom. The standard InChI is InChI=1S/C13H18FN3O2/c1-3-15-12(18)9(2)17-13(19)16-8-10-4-6-11(14)7-5-10/h4-7,9H,3,8H2,1-2H3,(H,15,18)(H2,16,17,19). The van der Waals surface area contributed by atoms with Gasteiger partial charge >= 0.3 is 6.03 Å². The summed E-state index contributed by atoms with van der Waals surface area (Å²) < 4.78 is 12.7. The molecule has 0 bridgehead atoms. The molecule has 0 saturated heterocycles. The molecule has 1 atom stereocenters. The molecule has 0 heterocycles. The lowest BCUT2D eigenvalue weighted by Gasteiger charge is -2.14. The molecule has 0 aliphatic heterocycles. The van der Waals surface area contributed by atoms with Crippen molar-refractivity contribution in [2.45, 2.75) is 26.4 Å². The summed E-state index contributed by atoms with van der Waals surface area (Å²) in [7, 11) is 0. The number of hydrogen-bond donors (Lipinski definition) is 3. The molecule has 0 aliphatic rings. The molecule has 3 N–H and O–H groups in total. The van der Waals surface area contributed by atoms with Crippen molar-refractivity contribution in [3.8, 4) is 0 Å². The predicted octanol–water partition coefficient (Wildman–Crippen LogP) is 1.15. The Balaban J connectivity index is 2.35. The first-order chi connectivity index (χ1) is 9.02. The van der Waals surface area contributed by atoms with Crippen LogP contribution in [0.15, 0.2) is 24.3 Å². The molecule has 0 radical (unpaired) electrons. The highest BCUT2D eigenvalue weighted by molar-refractivity contribution is 5.86. The SMILES string of the molecule is CCNC(=O)C(C)NC(=O)NCc1ccc(F)cc1. The average Bonchev–Trinajstić information content (AvgIpc) is 2.38. The van der Waals surface area contributed by atoms with Gasteiger partial charge in [0.2, 0.25) is 5.91 Å². The summed E-state index contributed by atoms with van der Waals surface area (Å²) in [5, 5.41) is 7.71. The average molecular weight is 267 g/mol. The van der Waals surface area contributed by atoms with Gasteiger partial charge in [0.1, 0.15) is 11.9 Å². The molecule has 0 aromatic heterocycles. The van der Waals surface area contributed by atoms with Gasteiger partial charge in [0.05, 0.1) is 0 Å². The van der Waals surface area contributed by atoms with Gasteiger partial charge in [0.15, 0.2) is 0 Å². The number of carbonyl (C=O) groups excluding carboxylic acids is 2. The van der Waals surface area contributed by atoms with Crippen LogP contribution in [-0.4, -0.2) is 24.5 Å². The molecular formula is C13H18FN3O2. The number of hydrogen-bond acceptors (Lipinski definition) is 2. The molecule has 1 aromatic carbocycles. The molecule has 1 unspecified atom stereocenters. The summed E-state index contributed by atoms with van der Waals surface area (Å²) in [4.78, 5) is 22.9. The van der Waals surface area contributed by atoms with Crippen LogP contribution in [0.1, 0.15) is 19.4 Å². The molecule has 0 aliphatic carbocycles. The molecule has 104 valence electrons. The summed E-state index contributed by atoms with van der Waals surface area (Å²) in [6.45, 7) is 4.19. The van der Waals surface area contributed by atoms with E-state index in [1.807, 2.05) is 0 Å². The van der Waals surface area contributed by atoms with Gasteiger partial charge in [-0.2, -0.15) is 0 Å². The first kappa shape index (κ1) is 14.9. The van der Waals surface area contributed by atoms with Crippen LogP contribution in [0.3, 0.4) is 0 Å². The van der Waals surface area contributed by atoms with E-state index in [-0.39, 0.29) is 18.3 Å². The monoisotopic (exact) mass is 267 g/mol. The van der Waals surface area contributed by atoms with Gasteiger partial charge in [0, 0.05) is 13.1 Å². The van der Waals surface area contributed by atoms with Crippen LogP contribution in [-0.2, 0) is 11.3 Å². The normalized spacial score (nSPS) is 11.5. The second-order valence-electron chi connectivity index (χ2n) is 4.07. The fourth-order valence-electron chi connectivity index (χ4n) is 1.43. The lowest BCUT2D eigenvalue weighted by molar-refractivity contribution is -0.122. The number of benzene rings is 1. The van der Waals surface area contributed by atoms with Crippen LogP contribution in [0.25, 0.3) is 0 Å². The van der Waals surface area contributed by atoms with E-state index in [9.17, 15) is 14.0 Å². The van der Waals surface area contributed by atoms with Gasteiger partial charge < -0.3 is 16.0 Å². The second-order valence-corrected chi connectivity index (χ2v) is 4.07. The number of urea groups is 1. The highest BCUT2D eigenvalue weighted by atomic mass is 19.1. The van der Waals surface area contributed by atoms with Crippen molar-refractivity contribution in [2.75, 3.05) is 6.54 Å². The van der Waals surface area contributed by atoms with E-state index >= 15 is 0 Å². The van der Waals surface area contributed by atoms with E-state index < -0.39 is 12.1 Å². The molecule has 19 heavy (non-hydrogen) atoms. The smallest absolute Gasteiger partial charge is 0.315 e. The van der Waals surface area contributed by atoms with Gasteiger partial charge in [-0.1, -0.05) is 12.1 Å². The number of likely N-dealkylation sites (N-methyl/N-ethyl adjacent to an activating group) is 1. The lowest BCUT2D eigenvalue weighted by atomic mass is 10.2. The van der Waals surface area contributed by atoms with E-state index in [1.165, 1.54) is 12.1 Å². The van der Waals surface area contributed by atoms with Crippen molar-refractivity contribution in [3.05, 3.63) is 35.6 Å². The topological polar surface area (TPSA) is 70.2 Å². The quantitative estimate of drug-likeness (QED) is 0.749. The molecule has 0 fully saturated rings. The Bertz CT molecular complexity index is 434. The van der Waals surface area contributed by atoms with E-state index in [4.69, 9.17) is 0 Å². The van der Waals surface area contributed by atoms with Crippen molar-refractivity contribution in [1.82, 2.24) is 16.0 Å². The van der Waals surface area contributed by atoms with Crippen LogP contribution >= 0.6 is 0 Å². The summed E-state index contributed by atoms with van der Waals surface area (Å²) in [5.41, 5.74) is 0.780. The van der Waals surface area contributed by atoms with Crippen LogP contribution in [0.2, 0.25) is 0 Å². The molecule has 1 aromatic rings. The molecule has 1 rings (SSSR count). The predicted molar refractivity (Wildman–Crippen MR) is 69.9 cm³/mol. The van der Waals surface area contributed by atoms with Crippen LogP contribution in [0.5, 0.6) is 0 Å². The number of amides is 3. The first-order valence-electron chi connectivity index (χ1n) is 6.09. The maximum Gasteiger partial charge on any atom is 0.315 e. The lowest BCUT2D eigenvalue weighted by Crippen LogP contribution is -2.48. The van der Waals surface area contributed by atoms with E-state index in [2.05, 4.69) is 16.0 Å². The molecule has 6 heteroatoms. The summed E-state index contributed by atoms with van der Waals surface area (Å²) in [5.74, 6) is -0.558. The zero-order valence-electron chi connectivity index (χ0n) is 11.0. The maximum absolute atomic E-state index is 12.7. The molecule has 5 nitrogen and oxygen atoms in total. The Labute approximate surface area is 111 Å². The van der Waals surface area contributed by atoms with Crippen molar-refractivity contribution in [1.29, 1.82) is 0 Å². The Kier molecular flexibility index (Phi) is 5.78. The fraction of sp³-hybridized carbons (Fsp3) is 0.385. The van der Waals surface area contributed by atoms with Crippen molar-refractivity contribution >= 4 is 11.9 Å². The minimum Gasteiger partial charge on any atom is -0.355 e. The number of carbonyl (C=O) groups is 2. The highest BCUT2D eigenvalue weighted by Crippen LogP contribution is 2.01. The summed E-state index contributed by atoms with van der Waals surface area (Å²) in [6, 6.07) is 4.78. The van der Waals surface area contributed by atoms with Crippen molar-refractivity contribution < 1.29 is 14.0 Å². The van der Waals surface area contributed by atoms with Crippen LogP contribution in [0.4, 0.5) is 9.18 Å². The summed E-state index contributed by atoms with van der Waals surface area (Å²) in [6.07, 6.45) is 0. The number of nitrogens with one attached hydrogen (secondary N) is 3. The summed E-state index contributed by atoms with van der Waals surface area (Å²) >= 11 is 0. The molecular weight excluding hydrogens is 249 g/mol. The second kappa shape index (κ2) is 7.35. The Morgan fingerprint density at radius 2 is 1.84 bits per heavy atom. The van der Waals surface area contributed by atoms with Crippen molar-refractivity contribution in [3.63, 3.8) is 0 Å². The third-order valence-corrected chi connectivity index (χ3v) is 2.46. The van der Waals surface area contributed by atoms with E-state index in [0.29, 0.717) is 6.54 Å². The zero-order valence-corrected chi connectivity index (χ0v) is 11.0. The third kappa shape index (κ3) is 5.37. The van der Waals surface area contributed by atoms with Gasteiger partial charge in [0.25, 0.3) is 0 Å². The maximum atomic E-state index is 12.7. The minimum atomic E-state index is -0.604. The van der Waals surface area contributed by atoms with Gasteiger partial charge in [-0.15, -0.1) is 0 Å². The van der Waals surface area contributed by atoms with Gasteiger partial charge in [-0.3, -0.25) is 4.79 Å². The van der Waals surface area contributed by atoms with E-state index in [0.717, 1.165) is 5.56 Å². The molecule has 3 amide bonds.